The molecule has 0 aromatic carbocycles. The molecule has 0 aromatic heterocycles. The Kier molecular flexibility index (Phi) is 2.98. The van der Waals surface area contributed by atoms with Crippen molar-refractivity contribution in [2.24, 2.45) is 5.41 Å². The van der Waals surface area contributed by atoms with Gasteiger partial charge >= 0.3 is 5.97 Å². The van der Waals surface area contributed by atoms with Gasteiger partial charge in [-0.05, 0) is 37.8 Å². The Hall–Kier alpha value is -0.540. The Morgan fingerprint density at radius 1 is 1.46 bits per heavy atom. The first-order valence-electron chi connectivity index (χ1n) is 4.38. The molecule has 1 heterocycles. The van der Waals surface area contributed by atoms with Gasteiger partial charge in [-0.25, -0.2) is 4.79 Å². The van der Waals surface area contributed by atoms with E-state index in [-0.39, 0.29) is 17.8 Å². The normalized spacial score (nSPS) is 24.2. The zero-order chi connectivity index (χ0) is 8.60. The summed E-state index contributed by atoms with van der Waals surface area (Å²) in [5, 5.41) is 11.9. The molecule has 0 amide bonds. The van der Waals surface area contributed by atoms with Crippen molar-refractivity contribution in [3.05, 3.63) is 11.6 Å². The van der Waals surface area contributed by atoms with Crippen LogP contribution in [0.15, 0.2) is 11.6 Å². The molecule has 1 saturated heterocycles. The number of hydrogen-bond acceptors (Lipinski definition) is 2. The second-order valence-electron chi connectivity index (χ2n) is 3.76. The number of allylic oxidation sites excluding steroid dienone is 1. The molecule has 74 valence electrons. The lowest BCUT2D eigenvalue weighted by Gasteiger charge is -2.41. The minimum Gasteiger partial charge on any atom is -0.478 e. The molecular weight excluding hydrogens is 190 g/mol. The van der Waals surface area contributed by atoms with Gasteiger partial charge in [0.1, 0.15) is 0 Å². The Bertz CT molecular complexity index is 244. The molecule has 0 atom stereocenters. The van der Waals surface area contributed by atoms with E-state index in [0.717, 1.165) is 32.4 Å². The summed E-state index contributed by atoms with van der Waals surface area (Å²) in [5.74, 6) is -0.737. The third-order valence-corrected chi connectivity index (χ3v) is 2.90. The second kappa shape index (κ2) is 3.68. The fourth-order valence-electron chi connectivity index (χ4n) is 2.10. The van der Waals surface area contributed by atoms with Crippen LogP contribution in [0, 0.1) is 5.41 Å². The summed E-state index contributed by atoms with van der Waals surface area (Å²) >= 11 is 0. The van der Waals surface area contributed by atoms with E-state index < -0.39 is 5.97 Å². The van der Waals surface area contributed by atoms with Crippen LogP contribution < -0.4 is 5.32 Å². The fourth-order valence-corrected chi connectivity index (χ4v) is 2.10. The molecule has 2 aliphatic rings. The molecule has 0 unspecified atom stereocenters. The van der Waals surface area contributed by atoms with Crippen LogP contribution in [0.25, 0.3) is 0 Å². The number of carboxylic acids is 1. The summed E-state index contributed by atoms with van der Waals surface area (Å²) in [6.45, 7) is 2.06. The lowest BCUT2D eigenvalue weighted by atomic mass is 9.65. The number of piperidine rings is 1. The molecule has 13 heavy (non-hydrogen) atoms. The second-order valence-corrected chi connectivity index (χ2v) is 3.76. The van der Waals surface area contributed by atoms with Crippen LogP contribution in [0.2, 0.25) is 0 Å². The minimum absolute atomic E-state index is 0. The quantitative estimate of drug-likeness (QED) is 0.673. The van der Waals surface area contributed by atoms with Gasteiger partial charge in [0.15, 0.2) is 0 Å². The van der Waals surface area contributed by atoms with E-state index >= 15 is 0 Å². The van der Waals surface area contributed by atoms with Gasteiger partial charge in [0, 0.05) is 5.57 Å². The standard InChI is InChI=1S/C9H13NO2.ClH/c11-8(12)7-5-9(6-7)1-3-10-4-2-9;/h5,10H,1-4,6H2,(H,11,12);1H. The summed E-state index contributed by atoms with van der Waals surface area (Å²) in [6, 6.07) is 0. The molecule has 2 N–H and O–H groups in total. The first kappa shape index (κ1) is 10.5. The first-order chi connectivity index (χ1) is 5.72. The van der Waals surface area contributed by atoms with Crippen LogP contribution in [-0.4, -0.2) is 24.2 Å². The molecular formula is C9H14ClNO2. The first-order valence-corrected chi connectivity index (χ1v) is 4.38. The summed E-state index contributed by atoms with van der Waals surface area (Å²) in [7, 11) is 0. The summed E-state index contributed by atoms with van der Waals surface area (Å²) in [5.41, 5.74) is 0.857. The fraction of sp³-hybridized carbons (Fsp3) is 0.667. The number of rotatable bonds is 1. The van der Waals surface area contributed by atoms with Gasteiger partial charge < -0.3 is 10.4 Å². The van der Waals surface area contributed by atoms with Crippen LogP contribution in [0.1, 0.15) is 19.3 Å². The lowest BCUT2D eigenvalue weighted by Crippen LogP contribution is -2.40. The average molecular weight is 204 g/mol. The maximum absolute atomic E-state index is 10.5. The topological polar surface area (TPSA) is 49.3 Å². The Morgan fingerprint density at radius 3 is 2.46 bits per heavy atom. The van der Waals surface area contributed by atoms with E-state index in [2.05, 4.69) is 5.32 Å². The molecule has 0 bridgehead atoms. The van der Waals surface area contributed by atoms with Gasteiger partial charge in [0.25, 0.3) is 0 Å². The molecule has 0 saturated carbocycles. The zero-order valence-electron chi connectivity index (χ0n) is 7.38. The van der Waals surface area contributed by atoms with Crippen molar-refractivity contribution in [1.82, 2.24) is 5.32 Å². The largest absolute Gasteiger partial charge is 0.478 e. The SMILES string of the molecule is Cl.O=C(O)C1=CC2(CCNCC2)C1. The predicted octanol–water partition coefficient (Wildman–Crippen LogP) is 1.19. The lowest BCUT2D eigenvalue weighted by molar-refractivity contribution is -0.133. The van der Waals surface area contributed by atoms with Crippen LogP contribution in [0.5, 0.6) is 0 Å². The molecule has 0 aromatic rings. The van der Waals surface area contributed by atoms with Crippen LogP contribution in [-0.2, 0) is 4.79 Å². The Labute approximate surface area is 83.6 Å². The third-order valence-electron chi connectivity index (χ3n) is 2.90. The molecule has 1 fully saturated rings. The third kappa shape index (κ3) is 1.86. The molecule has 3 nitrogen and oxygen atoms in total. The van der Waals surface area contributed by atoms with Crippen molar-refractivity contribution in [3.8, 4) is 0 Å². The van der Waals surface area contributed by atoms with Gasteiger partial charge in [-0.1, -0.05) is 6.08 Å². The highest BCUT2D eigenvalue weighted by Gasteiger charge is 2.39. The maximum Gasteiger partial charge on any atom is 0.331 e. The number of nitrogens with one attached hydrogen (secondary N) is 1. The molecule has 1 aliphatic carbocycles. The van der Waals surface area contributed by atoms with E-state index in [1.807, 2.05) is 6.08 Å². The van der Waals surface area contributed by atoms with Gasteiger partial charge in [0.2, 0.25) is 0 Å². The Balaban J connectivity index is 0.000000845. The highest BCUT2D eigenvalue weighted by Crippen LogP contribution is 2.45. The molecule has 1 aliphatic heterocycles. The van der Waals surface area contributed by atoms with E-state index in [1.165, 1.54) is 0 Å². The number of hydrogen-bond donors (Lipinski definition) is 2. The van der Waals surface area contributed by atoms with E-state index in [1.54, 1.807) is 0 Å². The van der Waals surface area contributed by atoms with Crippen molar-refractivity contribution in [2.45, 2.75) is 19.3 Å². The minimum atomic E-state index is -0.737. The summed E-state index contributed by atoms with van der Waals surface area (Å²) < 4.78 is 0. The summed E-state index contributed by atoms with van der Waals surface area (Å²) in [6.07, 6.45) is 4.94. The van der Waals surface area contributed by atoms with Crippen LogP contribution in [0.3, 0.4) is 0 Å². The summed E-state index contributed by atoms with van der Waals surface area (Å²) in [4.78, 5) is 10.5. The number of aliphatic carboxylic acids is 1. The predicted molar refractivity (Wildman–Crippen MR) is 52.1 cm³/mol. The van der Waals surface area contributed by atoms with Gasteiger partial charge in [-0.2, -0.15) is 0 Å². The van der Waals surface area contributed by atoms with E-state index in [0.29, 0.717) is 5.57 Å². The van der Waals surface area contributed by atoms with E-state index in [4.69, 9.17) is 5.11 Å². The van der Waals surface area contributed by atoms with Crippen LogP contribution in [0.4, 0.5) is 0 Å². The molecule has 4 heteroatoms. The maximum atomic E-state index is 10.5. The van der Waals surface area contributed by atoms with Crippen LogP contribution >= 0.6 is 12.4 Å². The zero-order valence-corrected chi connectivity index (χ0v) is 8.19. The number of carboxylic acid groups (broad SMARTS) is 1. The van der Waals surface area contributed by atoms with Gasteiger partial charge in [-0.15, -0.1) is 12.4 Å². The van der Waals surface area contributed by atoms with Crippen molar-refractivity contribution in [3.63, 3.8) is 0 Å². The van der Waals surface area contributed by atoms with E-state index in [9.17, 15) is 4.79 Å². The smallest absolute Gasteiger partial charge is 0.331 e. The van der Waals surface area contributed by atoms with Gasteiger partial charge in [0.05, 0.1) is 0 Å². The monoisotopic (exact) mass is 203 g/mol. The number of halogens is 1. The molecule has 2 rings (SSSR count). The Morgan fingerprint density at radius 2 is 2.00 bits per heavy atom. The van der Waals surface area contributed by atoms with Crippen molar-refractivity contribution >= 4 is 18.4 Å². The highest BCUT2D eigenvalue weighted by atomic mass is 35.5. The average Bonchev–Trinajstić information content (AvgIpc) is 2.01. The van der Waals surface area contributed by atoms with Crippen molar-refractivity contribution in [2.75, 3.05) is 13.1 Å². The van der Waals surface area contributed by atoms with Crippen molar-refractivity contribution in [1.29, 1.82) is 0 Å². The number of carbonyl (C=O) groups is 1. The molecule has 1 spiro atoms. The highest BCUT2D eigenvalue weighted by molar-refractivity contribution is 5.88. The molecule has 0 radical (unpaired) electrons. The van der Waals surface area contributed by atoms with Crippen molar-refractivity contribution < 1.29 is 9.90 Å². The van der Waals surface area contributed by atoms with Gasteiger partial charge in [-0.3, -0.25) is 0 Å².